The first kappa shape index (κ1) is 85.1. The number of esters is 4. The van der Waals surface area contributed by atoms with E-state index in [4.69, 9.17) is 37.0 Å². The molecule has 17 nitrogen and oxygen atoms in total. The number of aliphatic hydroxyl groups excluding tert-OH is 1. The van der Waals surface area contributed by atoms with Crippen molar-refractivity contribution in [1.29, 1.82) is 0 Å². The number of carbonyl (C=O) groups is 4. The van der Waals surface area contributed by atoms with Crippen molar-refractivity contribution in [3.8, 4) is 0 Å². The number of phosphoric ester groups is 2. The summed E-state index contributed by atoms with van der Waals surface area (Å²) in [7, 11) is -9.90. The molecule has 516 valence electrons. The van der Waals surface area contributed by atoms with E-state index >= 15 is 0 Å². The molecule has 0 fully saturated rings. The number of carbonyl (C=O) groups excluding carboxylic acids is 4. The van der Waals surface area contributed by atoms with Crippen LogP contribution in [0, 0.1) is 23.7 Å². The van der Waals surface area contributed by atoms with E-state index in [9.17, 15) is 43.2 Å². The Morgan fingerprint density at radius 3 is 0.713 bits per heavy atom. The van der Waals surface area contributed by atoms with E-state index in [0.717, 1.165) is 108 Å². The van der Waals surface area contributed by atoms with Gasteiger partial charge in [-0.2, -0.15) is 0 Å². The minimum Gasteiger partial charge on any atom is -0.462 e. The average Bonchev–Trinajstić information content (AvgIpc) is 3.67. The summed E-state index contributed by atoms with van der Waals surface area (Å²) < 4.78 is 68.1. The highest BCUT2D eigenvalue weighted by Crippen LogP contribution is 2.45. The normalized spacial score (nSPS) is 14.3. The Kier molecular flexibility index (Phi) is 56.6. The van der Waals surface area contributed by atoms with Crippen molar-refractivity contribution in [3.63, 3.8) is 0 Å². The predicted molar refractivity (Wildman–Crippen MR) is 349 cm³/mol. The van der Waals surface area contributed by atoms with Gasteiger partial charge < -0.3 is 33.8 Å². The van der Waals surface area contributed by atoms with Gasteiger partial charge in [-0.1, -0.05) is 280 Å². The molecule has 3 N–H and O–H groups in total. The first-order chi connectivity index (χ1) is 41.6. The summed E-state index contributed by atoms with van der Waals surface area (Å²) in [6.45, 7) is 14.0. The summed E-state index contributed by atoms with van der Waals surface area (Å²) in [5.74, 6) is 0.776. The molecular weight excluding hydrogens is 1150 g/mol. The minimum atomic E-state index is -4.95. The number of unbranched alkanes of at least 4 members (excludes halogenated alkanes) is 31. The second kappa shape index (κ2) is 57.9. The number of phosphoric acid groups is 2. The monoisotopic (exact) mass is 1280 g/mol. The predicted octanol–water partition coefficient (Wildman–Crippen LogP) is 18.9. The molecule has 0 saturated heterocycles. The van der Waals surface area contributed by atoms with E-state index in [1.807, 2.05) is 0 Å². The molecule has 0 heterocycles. The van der Waals surface area contributed by atoms with Crippen molar-refractivity contribution in [2.24, 2.45) is 23.7 Å². The van der Waals surface area contributed by atoms with Crippen molar-refractivity contribution in [2.75, 3.05) is 39.6 Å². The summed E-state index contributed by atoms with van der Waals surface area (Å²) >= 11 is 0. The number of ether oxygens (including phenoxy) is 4. The van der Waals surface area contributed by atoms with Gasteiger partial charge in [-0.05, 0) is 49.4 Å². The molecule has 19 heteroatoms. The SMILES string of the molecule is CC(C)CCCCCCCCCCCCCC(=O)OC[C@H](COP(=O)(O)OC[C@@H](O)COP(=O)(O)OC[C@@H](COC(=O)CCCCCCCCC(C)C)OC(=O)CCCCCCCCCCCCCC(C)C)OC(=O)CCCCCCCCCC(C)C. The maximum atomic E-state index is 13.0. The van der Waals surface area contributed by atoms with Crippen LogP contribution in [0.15, 0.2) is 0 Å². The van der Waals surface area contributed by atoms with Gasteiger partial charge in [-0.25, -0.2) is 9.13 Å². The summed E-state index contributed by atoms with van der Waals surface area (Å²) in [5, 5.41) is 10.6. The van der Waals surface area contributed by atoms with E-state index in [1.54, 1.807) is 0 Å². The summed E-state index contributed by atoms with van der Waals surface area (Å²) in [5.41, 5.74) is 0. The Balaban J connectivity index is 5.23. The second-order valence-corrected chi connectivity index (χ2v) is 29.4. The standard InChI is InChI=1S/C68H132O17P2/c1-58(2)44-36-28-20-15-11-9-13-17-23-32-40-48-65(70)78-54-63(85-68(73)51-43-35-25-19-22-30-38-46-60(5)6)56-82-86(74,75)80-52-62(69)53-81-87(76,77)83-57-64(55-79-66(71)49-41-33-27-26-31-39-47-61(7)8)84-67(72)50-42-34-24-18-14-10-12-16-21-29-37-45-59(3)4/h58-64,69H,9-57H2,1-8H3,(H,74,75)(H,76,77)/t62-,63-,64-/m1/s1. The lowest BCUT2D eigenvalue weighted by atomic mass is 10.0. The van der Waals surface area contributed by atoms with E-state index in [0.29, 0.717) is 37.5 Å². The van der Waals surface area contributed by atoms with Crippen LogP contribution < -0.4 is 0 Å². The second-order valence-electron chi connectivity index (χ2n) is 26.5. The van der Waals surface area contributed by atoms with Crippen LogP contribution in [0.1, 0.15) is 331 Å². The molecule has 0 aromatic rings. The van der Waals surface area contributed by atoms with Gasteiger partial charge in [0.25, 0.3) is 0 Å². The van der Waals surface area contributed by atoms with Gasteiger partial charge in [0, 0.05) is 25.7 Å². The lowest BCUT2D eigenvalue weighted by Crippen LogP contribution is -2.30. The summed E-state index contributed by atoms with van der Waals surface area (Å²) in [6, 6.07) is 0. The van der Waals surface area contributed by atoms with Crippen molar-refractivity contribution in [1.82, 2.24) is 0 Å². The fourth-order valence-corrected chi connectivity index (χ4v) is 11.7. The average molecular weight is 1280 g/mol. The molecule has 87 heavy (non-hydrogen) atoms. The first-order valence-corrected chi connectivity index (χ1v) is 38.2. The molecular formula is C68H132O17P2. The number of rotatable bonds is 65. The van der Waals surface area contributed by atoms with Crippen molar-refractivity contribution >= 4 is 39.5 Å². The van der Waals surface area contributed by atoms with E-state index in [-0.39, 0.29) is 25.7 Å². The first-order valence-electron chi connectivity index (χ1n) is 35.2. The summed E-state index contributed by atoms with van der Waals surface area (Å²) in [6.07, 6.45) is 39.2. The van der Waals surface area contributed by atoms with Crippen molar-refractivity contribution in [3.05, 3.63) is 0 Å². The van der Waals surface area contributed by atoms with Crippen LogP contribution in [0.4, 0.5) is 0 Å². The molecule has 0 rings (SSSR count). The van der Waals surface area contributed by atoms with Crippen LogP contribution in [0.5, 0.6) is 0 Å². The third-order valence-electron chi connectivity index (χ3n) is 15.6. The largest absolute Gasteiger partial charge is 0.472 e. The van der Waals surface area contributed by atoms with Crippen LogP contribution in [0.25, 0.3) is 0 Å². The molecule has 0 spiro atoms. The zero-order valence-corrected chi connectivity index (χ0v) is 58.4. The van der Waals surface area contributed by atoms with E-state index in [1.165, 1.54) is 128 Å². The molecule has 0 radical (unpaired) electrons. The number of aliphatic hydroxyl groups is 1. The molecule has 0 saturated carbocycles. The molecule has 0 bridgehead atoms. The van der Waals surface area contributed by atoms with E-state index < -0.39 is 97.5 Å². The van der Waals surface area contributed by atoms with Gasteiger partial charge in [0.15, 0.2) is 12.2 Å². The lowest BCUT2D eigenvalue weighted by Gasteiger charge is -2.21. The van der Waals surface area contributed by atoms with Crippen LogP contribution in [0.3, 0.4) is 0 Å². The zero-order chi connectivity index (χ0) is 64.7. The zero-order valence-electron chi connectivity index (χ0n) is 56.6. The molecule has 0 aromatic carbocycles. The quantitative estimate of drug-likeness (QED) is 0.0222. The Morgan fingerprint density at radius 2 is 0.483 bits per heavy atom. The van der Waals surface area contributed by atoms with Gasteiger partial charge in [-0.15, -0.1) is 0 Å². The van der Waals surface area contributed by atoms with Gasteiger partial charge in [0.2, 0.25) is 0 Å². The molecule has 0 amide bonds. The molecule has 0 aliphatic carbocycles. The van der Waals surface area contributed by atoms with Crippen LogP contribution in [-0.2, 0) is 65.4 Å². The number of hydrogen-bond donors (Lipinski definition) is 3. The fourth-order valence-electron chi connectivity index (χ4n) is 10.1. The lowest BCUT2D eigenvalue weighted by molar-refractivity contribution is -0.161. The van der Waals surface area contributed by atoms with Crippen LogP contribution in [-0.4, -0.2) is 96.7 Å². The highest BCUT2D eigenvalue weighted by atomic mass is 31.2. The third kappa shape index (κ3) is 62.6. The Bertz CT molecular complexity index is 1730. The highest BCUT2D eigenvalue weighted by Gasteiger charge is 2.30. The number of hydrogen-bond acceptors (Lipinski definition) is 15. The third-order valence-corrected chi connectivity index (χ3v) is 17.5. The molecule has 0 aromatic heterocycles. The van der Waals surface area contributed by atoms with Crippen LogP contribution in [0.2, 0.25) is 0 Å². The topological polar surface area (TPSA) is 237 Å². The maximum absolute atomic E-state index is 13.0. The molecule has 2 unspecified atom stereocenters. The molecule has 0 aliphatic rings. The fraction of sp³-hybridized carbons (Fsp3) is 0.941. The molecule has 5 atom stereocenters. The summed E-state index contributed by atoms with van der Waals surface area (Å²) in [4.78, 5) is 72.4. The van der Waals surface area contributed by atoms with Gasteiger partial charge in [0.05, 0.1) is 26.4 Å². The maximum Gasteiger partial charge on any atom is 0.472 e. The Labute approximate surface area is 530 Å². The van der Waals surface area contributed by atoms with Gasteiger partial charge in [-0.3, -0.25) is 37.3 Å². The van der Waals surface area contributed by atoms with Crippen molar-refractivity contribution < 1.29 is 80.2 Å². The van der Waals surface area contributed by atoms with Crippen LogP contribution >= 0.6 is 15.6 Å². The van der Waals surface area contributed by atoms with E-state index in [2.05, 4.69) is 55.4 Å². The van der Waals surface area contributed by atoms with Crippen molar-refractivity contribution in [2.45, 2.75) is 350 Å². The minimum absolute atomic E-state index is 0.103. The Morgan fingerprint density at radius 1 is 0.287 bits per heavy atom. The van der Waals surface area contributed by atoms with Gasteiger partial charge in [0.1, 0.15) is 19.3 Å². The molecule has 0 aliphatic heterocycles. The van der Waals surface area contributed by atoms with Gasteiger partial charge >= 0.3 is 39.5 Å². The smallest absolute Gasteiger partial charge is 0.462 e. The highest BCUT2D eigenvalue weighted by molar-refractivity contribution is 7.47. The Hall–Kier alpha value is -1.94.